The third-order valence-electron chi connectivity index (χ3n) is 6.63. The summed E-state index contributed by atoms with van der Waals surface area (Å²) in [6.45, 7) is 8.57. The maximum atomic E-state index is 13.4. The summed E-state index contributed by atoms with van der Waals surface area (Å²) < 4.78 is 16.4. The molecule has 2 rings (SSSR count). The van der Waals surface area contributed by atoms with E-state index in [1.54, 1.807) is 32.2 Å². The van der Waals surface area contributed by atoms with Crippen molar-refractivity contribution in [3.05, 3.63) is 29.8 Å². The van der Waals surface area contributed by atoms with E-state index in [4.69, 9.17) is 14.2 Å². The number of amides is 3. The molecule has 2 N–H and O–H groups in total. The molecule has 0 aliphatic carbocycles. The first-order valence-electron chi connectivity index (χ1n) is 13.7. The Morgan fingerprint density at radius 2 is 1.92 bits per heavy atom. The van der Waals surface area contributed by atoms with Gasteiger partial charge >= 0.3 is 5.97 Å². The Morgan fingerprint density at radius 3 is 2.62 bits per heavy atom. The number of carbonyl (C=O) groups is 4. The molecule has 218 valence electrons. The minimum Gasteiger partial charge on any atom is -0.484 e. The van der Waals surface area contributed by atoms with E-state index in [9.17, 15) is 19.2 Å². The molecule has 1 aromatic carbocycles. The van der Waals surface area contributed by atoms with E-state index in [1.165, 1.54) is 4.90 Å². The van der Waals surface area contributed by atoms with Gasteiger partial charge in [0.05, 0.1) is 18.6 Å². The number of nitrogens with one attached hydrogen (secondary N) is 2. The van der Waals surface area contributed by atoms with Crippen LogP contribution in [0.5, 0.6) is 5.75 Å². The molecule has 0 fully saturated rings. The second kappa shape index (κ2) is 15.5. The van der Waals surface area contributed by atoms with Crippen LogP contribution < -0.4 is 15.4 Å². The molecule has 10 nitrogen and oxygen atoms in total. The minimum absolute atomic E-state index is 0.0414. The van der Waals surface area contributed by atoms with Crippen molar-refractivity contribution in [2.24, 2.45) is 10.8 Å². The molecule has 0 saturated heterocycles. The van der Waals surface area contributed by atoms with Gasteiger partial charge < -0.3 is 29.7 Å². The molecule has 1 unspecified atom stereocenters. The molecule has 0 saturated carbocycles. The first kappa shape index (κ1) is 32.1. The van der Waals surface area contributed by atoms with Crippen molar-refractivity contribution in [1.29, 1.82) is 0 Å². The lowest BCUT2D eigenvalue weighted by atomic mass is 9.77. The second-order valence-electron chi connectivity index (χ2n) is 11.2. The van der Waals surface area contributed by atoms with Gasteiger partial charge in [-0.3, -0.25) is 19.2 Å². The van der Waals surface area contributed by atoms with E-state index >= 15 is 0 Å². The lowest BCUT2D eigenvalue weighted by Crippen LogP contribution is -2.49. The lowest BCUT2D eigenvalue weighted by Gasteiger charge is -2.33. The number of ether oxygens (including phenoxy) is 3. The van der Waals surface area contributed by atoms with Crippen LogP contribution in [-0.4, -0.2) is 81.7 Å². The molecule has 0 spiro atoms. The van der Waals surface area contributed by atoms with Gasteiger partial charge in [0.15, 0.2) is 6.61 Å². The van der Waals surface area contributed by atoms with Crippen LogP contribution in [0.15, 0.2) is 24.3 Å². The summed E-state index contributed by atoms with van der Waals surface area (Å²) in [7, 11) is 1.60. The average molecular weight is 548 g/mol. The molecule has 1 aliphatic rings. The Hall–Kier alpha value is -3.14. The van der Waals surface area contributed by atoms with Crippen LogP contribution >= 0.6 is 0 Å². The summed E-state index contributed by atoms with van der Waals surface area (Å²) in [5.41, 5.74) is -0.294. The van der Waals surface area contributed by atoms with Crippen molar-refractivity contribution in [3.63, 3.8) is 0 Å². The van der Waals surface area contributed by atoms with Crippen molar-refractivity contribution >= 4 is 23.7 Å². The molecule has 1 aliphatic heterocycles. The number of hydrogen-bond acceptors (Lipinski definition) is 7. The first-order chi connectivity index (χ1) is 18.5. The summed E-state index contributed by atoms with van der Waals surface area (Å²) in [5.74, 6) is -0.799. The van der Waals surface area contributed by atoms with Gasteiger partial charge in [-0.25, -0.2) is 0 Å². The van der Waals surface area contributed by atoms with Crippen molar-refractivity contribution < 1.29 is 33.4 Å². The quantitative estimate of drug-likeness (QED) is 0.379. The maximum absolute atomic E-state index is 13.4. The van der Waals surface area contributed by atoms with Crippen LogP contribution in [0.4, 0.5) is 0 Å². The van der Waals surface area contributed by atoms with Crippen LogP contribution in [0.2, 0.25) is 0 Å². The van der Waals surface area contributed by atoms with Gasteiger partial charge in [-0.05, 0) is 55.7 Å². The van der Waals surface area contributed by atoms with Crippen molar-refractivity contribution in [2.45, 2.75) is 59.8 Å². The molecule has 39 heavy (non-hydrogen) atoms. The number of hydrogen-bond donors (Lipinski definition) is 2. The van der Waals surface area contributed by atoms with Crippen LogP contribution in [0.1, 0.15) is 58.9 Å². The predicted molar refractivity (Wildman–Crippen MR) is 147 cm³/mol. The zero-order valence-electron chi connectivity index (χ0n) is 24.1. The molecule has 0 aromatic heterocycles. The number of nitrogens with zero attached hydrogens (tertiary/aromatic N) is 1. The molecule has 1 aromatic rings. The lowest BCUT2D eigenvalue weighted by molar-refractivity contribution is -0.156. The van der Waals surface area contributed by atoms with Crippen molar-refractivity contribution in [2.75, 3.05) is 53.1 Å². The topological polar surface area (TPSA) is 123 Å². The summed E-state index contributed by atoms with van der Waals surface area (Å²) in [6, 6.07) is 7.21. The Morgan fingerprint density at radius 1 is 1.15 bits per heavy atom. The molecular weight excluding hydrogens is 502 g/mol. The highest BCUT2D eigenvalue weighted by Crippen LogP contribution is 2.32. The molecule has 1 heterocycles. The van der Waals surface area contributed by atoms with Gasteiger partial charge in [-0.2, -0.15) is 0 Å². The third-order valence-corrected chi connectivity index (χ3v) is 6.63. The van der Waals surface area contributed by atoms with Crippen molar-refractivity contribution in [1.82, 2.24) is 15.5 Å². The summed E-state index contributed by atoms with van der Waals surface area (Å²) in [4.78, 5) is 53.4. The minimum atomic E-state index is -1.06. The van der Waals surface area contributed by atoms with Gasteiger partial charge in [0, 0.05) is 39.8 Å². The van der Waals surface area contributed by atoms with Crippen LogP contribution in [-0.2, 0) is 35.1 Å². The van der Waals surface area contributed by atoms with E-state index in [2.05, 4.69) is 31.4 Å². The smallest absolute Gasteiger partial charge is 0.314 e. The fourth-order valence-corrected chi connectivity index (χ4v) is 4.42. The standard InChI is InChI=1S/C29H45N3O7/c1-6-38-27(36)29(12-8-16-37-5)18-22-9-7-10-23(17-22)39-20-25(34)30-14-15-32(19-24(33)31-21-29)26(35)11-13-28(2,3)4/h7,9-10,17H,6,8,11-16,18-21H2,1-5H3,(H,30,34)(H,31,33). The zero-order chi connectivity index (χ0) is 28.9. The Kier molecular flexibility index (Phi) is 12.7. The van der Waals surface area contributed by atoms with E-state index in [0.29, 0.717) is 31.6 Å². The highest BCUT2D eigenvalue weighted by molar-refractivity contribution is 5.86. The van der Waals surface area contributed by atoms with Crippen LogP contribution in [0.3, 0.4) is 0 Å². The Balaban J connectivity index is 2.37. The summed E-state index contributed by atoms with van der Waals surface area (Å²) in [6.07, 6.45) is 2.23. The molecule has 10 heteroatoms. The Labute approximate surface area is 232 Å². The van der Waals surface area contributed by atoms with Crippen LogP contribution in [0, 0.1) is 10.8 Å². The van der Waals surface area contributed by atoms with E-state index in [1.807, 2.05) is 6.07 Å². The number of carbonyl (C=O) groups excluding carboxylic acids is 4. The Bertz CT molecular complexity index is 976. The van der Waals surface area contributed by atoms with E-state index in [-0.39, 0.29) is 75.4 Å². The first-order valence-corrected chi connectivity index (χ1v) is 13.7. The number of fused-ring (bicyclic) bond motifs is 2. The number of esters is 1. The van der Waals surface area contributed by atoms with E-state index < -0.39 is 11.4 Å². The number of rotatable bonds is 8. The zero-order valence-corrected chi connectivity index (χ0v) is 24.1. The van der Waals surface area contributed by atoms with Gasteiger partial charge in [-0.1, -0.05) is 32.9 Å². The number of benzene rings is 1. The SMILES string of the molecule is CCOC(=O)C1(CCCOC)CNC(=O)CN(C(=O)CCC(C)(C)C)CCNC(=O)COc2cccc(c2)C1. The van der Waals surface area contributed by atoms with Gasteiger partial charge in [0.2, 0.25) is 11.8 Å². The van der Waals surface area contributed by atoms with Crippen LogP contribution in [0.25, 0.3) is 0 Å². The fourth-order valence-electron chi connectivity index (χ4n) is 4.42. The third kappa shape index (κ3) is 11.2. The largest absolute Gasteiger partial charge is 0.484 e. The van der Waals surface area contributed by atoms with Gasteiger partial charge in [0.25, 0.3) is 5.91 Å². The number of methoxy groups -OCH3 is 1. The average Bonchev–Trinajstić information content (AvgIpc) is 2.88. The predicted octanol–water partition coefficient (Wildman–Crippen LogP) is 2.48. The van der Waals surface area contributed by atoms with Gasteiger partial charge in [0.1, 0.15) is 5.75 Å². The monoisotopic (exact) mass is 547 g/mol. The highest BCUT2D eigenvalue weighted by atomic mass is 16.5. The normalized spacial score (nSPS) is 19.5. The molecular formula is C29H45N3O7. The highest BCUT2D eigenvalue weighted by Gasteiger charge is 2.40. The summed E-state index contributed by atoms with van der Waals surface area (Å²) in [5, 5.41) is 5.66. The van der Waals surface area contributed by atoms with Gasteiger partial charge in [-0.15, -0.1) is 0 Å². The molecule has 2 bridgehead atoms. The molecule has 1 atom stereocenters. The van der Waals surface area contributed by atoms with Crippen molar-refractivity contribution in [3.8, 4) is 5.75 Å². The fraction of sp³-hybridized carbons (Fsp3) is 0.655. The molecule has 3 amide bonds. The van der Waals surface area contributed by atoms with E-state index in [0.717, 1.165) is 5.56 Å². The molecule has 0 radical (unpaired) electrons. The summed E-state index contributed by atoms with van der Waals surface area (Å²) >= 11 is 0. The second-order valence-corrected chi connectivity index (χ2v) is 11.2. The maximum Gasteiger partial charge on any atom is 0.314 e.